The van der Waals surface area contributed by atoms with Crippen molar-refractivity contribution in [1.29, 1.82) is 0 Å². The molecule has 13 heavy (non-hydrogen) atoms. The number of benzene rings is 1. The van der Waals surface area contributed by atoms with E-state index < -0.39 is 11.6 Å². The van der Waals surface area contributed by atoms with Crippen molar-refractivity contribution in [3.05, 3.63) is 29.8 Å². The first-order chi connectivity index (χ1) is 6.24. The second kappa shape index (κ2) is 5.19. The van der Waals surface area contributed by atoms with Crippen LogP contribution in [0.2, 0.25) is 0 Å². The van der Waals surface area contributed by atoms with Crippen LogP contribution in [-0.4, -0.2) is 19.3 Å². The zero-order valence-corrected chi connectivity index (χ0v) is 8.13. The van der Waals surface area contributed by atoms with Crippen molar-refractivity contribution in [2.24, 2.45) is 0 Å². The molecule has 0 unspecified atom stereocenters. The van der Waals surface area contributed by atoms with Crippen molar-refractivity contribution in [3.63, 3.8) is 0 Å². The highest BCUT2D eigenvalue weighted by Crippen LogP contribution is 2.19. The van der Waals surface area contributed by atoms with E-state index >= 15 is 0 Å². The summed E-state index contributed by atoms with van der Waals surface area (Å²) in [4.78, 5) is 0.758. The number of thioether (sulfide) groups is 1. The molecule has 0 aliphatic rings. The fourth-order valence-corrected chi connectivity index (χ4v) is 1.73. The van der Waals surface area contributed by atoms with Gasteiger partial charge in [-0.3, -0.25) is 0 Å². The van der Waals surface area contributed by atoms with E-state index in [4.69, 9.17) is 0 Å². The third kappa shape index (κ3) is 3.32. The van der Waals surface area contributed by atoms with E-state index in [1.807, 2.05) is 7.05 Å². The first kappa shape index (κ1) is 10.5. The summed E-state index contributed by atoms with van der Waals surface area (Å²) < 4.78 is 25.2. The van der Waals surface area contributed by atoms with Gasteiger partial charge in [0, 0.05) is 17.2 Å². The van der Waals surface area contributed by atoms with Crippen LogP contribution in [0, 0.1) is 11.6 Å². The minimum Gasteiger partial charge on any atom is -0.319 e. The van der Waals surface area contributed by atoms with Gasteiger partial charge in [0.15, 0.2) is 11.6 Å². The topological polar surface area (TPSA) is 12.0 Å². The molecule has 0 bridgehead atoms. The second-order valence-corrected chi connectivity index (χ2v) is 3.70. The van der Waals surface area contributed by atoms with E-state index in [9.17, 15) is 8.78 Å². The van der Waals surface area contributed by atoms with Crippen LogP contribution in [0.15, 0.2) is 23.1 Å². The lowest BCUT2D eigenvalue weighted by Crippen LogP contribution is -2.09. The molecule has 0 amide bonds. The Labute approximate surface area is 80.5 Å². The van der Waals surface area contributed by atoms with Crippen molar-refractivity contribution in [2.45, 2.75) is 4.90 Å². The number of halogens is 2. The van der Waals surface area contributed by atoms with Gasteiger partial charge in [-0.1, -0.05) is 0 Å². The van der Waals surface area contributed by atoms with E-state index in [0.29, 0.717) is 0 Å². The summed E-state index contributed by atoms with van der Waals surface area (Å²) in [7, 11) is 1.85. The Hall–Kier alpha value is -0.610. The van der Waals surface area contributed by atoms with Crippen molar-refractivity contribution in [3.8, 4) is 0 Å². The molecule has 1 rings (SSSR count). The smallest absolute Gasteiger partial charge is 0.159 e. The maximum atomic E-state index is 12.7. The monoisotopic (exact) mass is 203 g/mol. The van der Waals surface area contributed by atoms with Gasteiger partial charge in [-0.05, 0) is 25.2 Å². The van der Waals surface area contributed by atoms with Crippen LogP contribution in [0.3, 0.4) is 0 Å². The van der Waals surface area contributed by atoms with Gasteiger partial charge in [-0.2, -0.15) is 0 Å². The van der Waals surface area contributed by atoms with Crippen LogP contribution in [0.1, 0.15) is 0 Å². The molecule has 1 aromatic carbocycles. The van der Waals surface area contributed by atoms with Crippen LogP contribution in [0.5, 0.6) is 0 Å². The molecular formula is C9H11F2NS. The minimum atomic E-state index is -0.794. The molecule has 0 heterocycles. The van der Waals surface area contributed by atoms with Crippen LogP contribution in [0.4, 0.5) is 8.78 Å². The average molecular weight is 203 g/mol. The molecule has 0 aliphatic carbocycles. The van der Waals surface area contributed by atoms with Crippen molar-refractivity contribution >= 4 is 11.8 Å². The standard InChI is InChI=1S/C9H11F2NS/c1-12-4-5-13-7-2-3-8(10)9(11)6-7/h2-3,6,12H,4-5H2,1H3. The second-order valence-electron chi connectivity index (χ2n) is 2.53. The fourth-order valence-electron chi connectivity index (χ4n) is 0.838. The summed E-state index contributed by atoms with van der Waals surface area (Å²) in [5, 5.41) is 2.98. The molecule has 0 aromatic heterocycles. The summed E-state index contributed by atoms with van der Waals surface area (Å²) in [6, 6.07) is 3.95. The maximum Gasteiger partial charge on any atom is 0.159 e. The summed E-state index contributed by atoms with van der Waals surface area (Å²) in [6.07, 6.45) is 0. The molecule has 0 fully saturated rings. The van der Waals surface area contributed by atoms with Gasteiger partial charge in [0.05, 0.1) is 0 Å². The molecule has 0 saturated carbocycles. The highest BCUT2D eigenvalue weighted by atomic mass is 32.2. The van der Waals surface area contributed by atoms with Gasteiger partial charge < -0.3 is 5.32 Å². The SMILES string of the molecule is CNCCSc1ccc(F)c(F)c1. The number of hydrogen-bond acceptors (Lipinski definition) is 2. The first-order valence-electron chi connectivity index (χ1n) is 3.96. The molecular weight excluding hydrogens is 192 g/mol. The van der Waals surface area contributed by atoms with Gasteiger partial charge in [-0.25, -0.2) is 8.78 Å². The maximum absolute atomic E-state index is 12.7. The van der Waals surface area contributed by atoms with E-state index in [2.05, 4.69) is 5.32 Å². The molecule has 4 heteroatoms. The number of nitrogens with one attached hydrogen (secondary N) is 1. The molecule has 0 aliphatic heterocycles. The zero-order valence-electron chi connectivity index (χ0n) is 7.31. The van der Waals surface area contributed by atoms with E-state index in [1.165, 1.54) is 17.8 Å². The molecule has 0 atom stereocenters. The van der Waals surface area contributed by atoms with Gasteiger partial charge in [-0.15, -0.1) is 11.8 Å². The quantitative estimate of drug-likeness (QED) is 0.595. The Balaban J connectivity index is 2.53. The highest BCUT2D eigenvalue weighted by Gasteiger charge is 2.01. The predicted molar refractivity (Wildman–Crippen MR) is 51.0 cm³/mol. The molecule has 1 nitrogen and oxygen atoms in total. The highest BCUT2D eigenvalue weighted by molar-refractivity contribution is 7.99. The minimum absolute atomic E-state index is 0.758. The molecule has 72 valence electrons. The Bertz CT molecular complexity index is 278. The largest absolute Gasteiger partial charge is 0.319 e. The third-order valence-corrected chi connectivity index (χ3v) is 2.51. The van der Waals surface area contributed by atoms with Gasteiger partial charge >= 0.3 is 0 Å². The first-order valence-corrected chi connectivity index (χ1v) is 4.95. The van der Waals surface area contributed by atoms with Crippen LogP contribution >= 0.6 is 11.8 Å². The molecule has 0 radical (unpaired) electrons. The van der Waals surface area contributed by atoms with Crippen molar-refractivity contribution < 1.29 is 8.78 Å². The van der Waals surface area contributed by atoms with Crippen LogP contribution < -0.4 is 5.32 Å². The number of hydrogen-bond donors (Lipinski definition) is 1. The molecule has 0 saturated heterocycles. The van der Waals surface area contributed by atoms with E-state index in [-0.39, 0.29) is 0 Å². The van der Waals surface area contributed by atoms with Crippen LogP contribution in [-0.2, 0) is 0 Å². The summed E-state index contributed by atoms with van der Waals surface area (Å²) in [6.45, 7) is 0.851. The zero-order chi connectivity index (χ0) is 9.68. The molecule has 1 aromatic rings. The Morgan fingerprint density at radius 2 is 2.08 bits per heavy atom. The van der Waals surface area contributed by atoms with Crippen molar-refractivity contribution in [1.82, 2.24) is 5.32 Å². The lowest BCUT2D eigenvalue weighted by atomic mass is 10.3. The third-order valence-electron chi connectivity index (χ3n) is 1.51. The van der Waals surface area contributed by atoms with Gasteiger partial charge in [0.1, 0.15) is 0 Å². The summed E-state index contributed by atoms with van der Waals surface area (Å²) in [5.74, 6) is -0.728. The Kier molecular flexibility index (Phi) is 4.18. The number of rotatable bonds is 4. The lowest BCUT2D eigenvalue weighted by molar-refractivity contribution is 0.506. The lowest BCUT2D eigenvalue weighted by Gasteiger charge is -2.01. The summed E-state index contributed by atoms with van der Waals surface area (Å²) in [5.41, 5.74) is 0. The van der Waals surface area contributed by atoms with Crippen molar-refractivity contribution in [2.75, 3.05) is 19.3 Å². The Morgan fingerprint density at radius 3 is 2.69 bits per heavy atom. The molecule has 0 spiro atoms. The van der Waals surface area contributed by atoms with Crippen LogP contribution in [0.25, 0.3) is 0 Å². The van der Waals surface area contributed by atoms with E-state index in [1.54, 1.807) is 6.07 Å². The van der Waals surface area contributed by atoms with E-state index in [0.717, 1.165) is 23.3 Å². The fraction of sp³-hybridized carbons (Fsp3) is 0.333. The van der Waals surface area contributed by atoms with Gasteiger partial charge in [0.25, 0.3) is 0 Å². The normalized spacial score (nSPS) is 10.4. The average Bonchev–Trinajstić information content (AvgIpc) is 2.12. The van der Waals surface area contributed by atoms with Gasteiger partial charge in [0.2, 0.25) is 0 Å². The predicted octanol–water partition coefficient (Wildman–Crippen LogP) is 2.28. The summed E-state index contributed by atoms with van der Waals surface area (Å²) >= 11 is 1.50. The Morgan fingerprint density at radius 1 is 1.31 bits per heavy atom. The molecule has 1 N–H and O–H groups in total.